The standard InChI is InChI=1S/C12H10BrNO2S/c1-3-4-12(9(2)13)17-11-7-5-10(6-8-11)14(15)16/h3-8H,1-2H2/b12-4+. The number of hydrogen-bond donors (Lipinski definition) is 0. The third-order valence-electron chi connectivity index (χ3n) is 1.81. The van der Waals surface area contributed by atoms with E-state index in [0.29, 0.717) is 0 Å². The number of benzene rings is 1. The van der Waals surface area contributed by atoms with Gasteiger partial charge in [0, 0.05) is 26.4 Å². The molecule has 3 nitrogen and oxygen atoms in total. The summed E-state index contributed by atoms with van der Waals surface area (Å²) in [6.07, 6.45) is 3.49. The normalized spacial score (nSPS) is 11.0. The van der Waals surface area contributed by atoms with E-state index in [1.165, 1.54) is 23.9 Å². The molecule has 1 aromatic rings. The first-order chi connectivity index (χ1) is 8.04. The number of hydrogen-bond acceptors (Lipinski definition) is 3. The van der Waals surface area contributed by atoms with E-state index in [2.05, 4.69) is 29.1 Å². The summed E-state index contributed by atoms with van der Waals surface area (Å²) in [6, 6.07) is 6.36. The summed E-state index contributed by atoms with van der Waals surface area (Å²) >= 11 is 4.76. The van der Waals surface area contributed by atoms with Gasteiger partial charge in [-0.2, -0.15) is 0 Å². The zero-order valence-corrected chi connectivity index (χ0v) is 11.3. The SMILES string of the molecule is C=C/C=C(/Sc1ccc([N+](=O)[O-])cc1)C(=C)Br. The zero-order valence-electron chi connectivity index (χ0n) is 8.93. The molecule has 0 saturated heterocycles. The maximum atomic E-state index is 10.5. The Kier molecular flexibility index (Phi) is 5.18. The van der Waals surface area contributed by atoms with E-state index in [-0.39, 0.29) is 5.69 Å². The minimum absolute atomic E-state index is 0.0845. The van der Waals surface area contributed by atoms with E-state index in [4.69, 9.17) is 0 Å². The van der Waals surface area contributed by atoms with Crippen molar-refractivity contribution in [2.45, 2.75) is 4.90 Å². The molecule has 0 aliphatic rings. The lowest BCUT2D eigenvalue weighted by atomic mass is 10.3. The van der Waals surface area contributed by atoms with Crippen molar-refractivity contribution in [2.24, 2.45) is 0 Å². The van der Waals surface area contributed by atoms with Crippen molar-refractivity contribution >= 4 is 33.4 Å². The van der Waals surface area contributed by atoms with Crippen molar-refractivity contribution in [3.05, 3.63) is 69.1 Å². The van der Waals surface area contributed by atoms with Crippen LogP contribution >= 0.6 is 27.7 Å². The van der Waals surface area contributed by atoms with Crippen LogP contribution in [-0.2, 0) is 0 Å². The van der Waals surface area contributed by atoms with Gasteiger partial charge in [0.05, 0.1) is 4.92 Å². The number of thioether (sulfide) groups is 1. The van der Waals surface area contributed by atoms with Gasteiger partial charge >= 0.3 is 0 Å². The number of allylic oxidation sites excluding steroid dienone is 3. The largest absolute Gasteiger partial charge is 0.269 e. The highest BCUT2D eigenvalue weighted by Gasteiger charge is 2.06. The second kappa shape index (κ2) is 6.42. The lowest BCUT2D eigenvalue weighted by Gasteiger charge is -2.04. The number of rotatable bonds is 5. The molecule has 0 N–H and O–H groups in total. The molecule has 0 bridgehead atoms. The summed E-state index contributed by atoms with van der Waals surface area (Å²) < 4.78 is 0.751. The van der Waals surface area contributed by atoms with Crippen LogP contribution in [0.1, 0.15) is 0 Å². The fraction of sp³-hybridized carbons (Fsp3) is 0. The number of nitro groups is 1. The Morgan fingerprint density at radius 1 is 1.41 bits per heavy atom. The first-order valence-corrected chi connectivity index (χ1v) is 6.25. The summed E-state index contributed by atoms with van der Waals surface area (Å²) in [5, 5.41) is 10.5. The maximum Gasteiger partial charge on any atom is 0.269 e. The molecule has 17 heavy (non-hydrogen) atoms. The summed E-state index contributed by atoms with van der Waals surface area (Å²) in [6.45, 7) is 7.41. The van der Waals surface area contributed by atoms with Crippen molar-refractivity contribution in [3.8, 4) is 0 Å². The van der Waals surface area contributed by atoms with Crippen molar-refractivity contribution < 1.29 is 4.92 Å². The van der Waals surface area contributed by atoms with Crippen molar-refractivity contribution in [1.29, 1.82) is 0 Å². The quantitative estimate of drug-likeness (QED) is 0.343. The summed E-state index contributed by atoms with van der Waals surface area (Å²) in [4.78, 5) is 11.9. The molecule has 0 aromatic heterocycles. The molecule has 0 aliphatic carbocycles. The second-order valence-electron chi connectivity index (χ2n) is 3.02. The Labute approximate surface area is 112 Å². The topological polar surface area (TPSA) is 43.1 Å². The van der Waals surface area contributed by atoms with Crippen molar-refractivity contribution in [3.63, 3.8) is 0 Å². The average molecular weight is 312 g/mol. The van der Waals surface area contributed by atoms with E-state index in [9.17, 15) is 10.1 Å². The molecule has 0 spiro atoms. The van der Waals surface area contributed by atoms with E-state index in [1.54, 1.807) is 18.2 Å². The van der Waals surface area contributed by atoms with Gasteiger partial charge in [0.1, 0.15) is 0 Å². The number of nitro benzene ring substituents is 1. The minimum Gasteiger partial charge on any atom is -0.258 e. The fourth-order valence-corrected chi connectivity index (χ4v) is 2.23. The molecule has 0 saturated carbocycles. The highest BCUT2D eigenvalue weighted by Crippen LogP contribution is 2.34. The average Bonchev–Trinajstić information content (AvgIpc) is 2.29. The predicted octanol–water partition coefficient (Wildman–Crippen LogP) is 4.67. The Hall–Kier alpha value is -1.33. The molecule has 0 heterocycles. The van der Waals surface area contributed by atoms with Crippen LogP contribution in [0.2, 0.25) is 0 Å². The predicted molar refractivity (Wildman–Crippen MR) is 75.3 cm³/mol. The van der Waals surface area contributed by atoms with Gasteiger partial charge < -0.3 is 0 Å². The Balaban J connectivity index is 2.88. The lowest BCUT2D eigenvalue weighted by Crippen LogP contribution is -1.86. The molecule has 0 unspecified atom stereocenters. The fourth-order valence-electron chi connectivity index (χ4n) is 1.05. The smallest absolute Gasteiger partial charge is 0.258 e. The van der Waals surface area contributed by atoms with Crippen LogP contribution in [0.4, 0.5) is 5.69 Å². The third-order valence-corrected chi connectivity index (χ3v) is 3.61. The van der Waals surface area contributed by atoms with Crippen LogP contribution in [0, 0.1) is 10.1 Å². The first-order valence-electron chi connectivity index (χ1n) is 4.64. The van der Waals surface area contributed by atoms with Gasteiger partial charge in [0.25, 0.3) is 5.69 Å². The van der Waals surface area contributed by atoms with Gasteiger partial charge in [0.2, 0.25) is 0 Å². The molecule has 0 fully saturated rings. The van der Waals surface area contributed by atoms with Crippen LogP contribution in [0.15, 0.2) is 63.9 Å². The molecule has 1 rings (SSSR count). The van der Waals surface area contributed by atoms with Crippen LogP contribution < -0.4 is 0 Å². The summed E-state index contributed by atoms with van der Waals surface area (Å²) in [5.41, 5.74) is 0.0845. The van der Waals surface area contributed by atoms with Gasteiger partial charge in [-0.05, 0) is 18.2 Å². The van der Waals surface area contributed by atoms with E-state index in [0.717, 1.165) is 14.3 Å². The lowest BCUT2D eigenvalue weighted by molar-refractivity contribution is -0.384. The van der Waals surface area contributed by atoms with Crippen LogP contribution in [0.5, 0.6) is 0 Å². The highest BCUT2D eigenvalue weighted by atomic mass is 79.9. The monoisotopic (exact) mass is 311 g/mol. The molecule has 1 aromatic carbocycles. The Morgan fingerprint density at radius 2 is 2.00 bits per heavy atom. The van der Waals surface area contributed by atoms with Gasteiger partial charge in [-0.25, -0.2) is 0 Å². The van der Waals surface area contributed by atoms with Crippen molar-refractivity contribution in [1.82, 2.24) is 0 Å². The molecule has 0 radical (unpaired) electrons. The molecular formula is C12H10BrNO2S. The molecule has 88 valence electrons. The zero-order chi connectivity index (χ0) is 12.8. The van der Waals surface area contributed by atoms with E-state index >= 15 is 0 Å². The van der Waals surface area contributed by atoms with Gasteiger partial charge in [0.15, 0.2) is 0 Å². The van der Waals surface area contributed by atoms with E-state index < -0.39 is 4.92 Å². The highest BCUT2D eigenvalue weighted by molar-refractivity contribution is 9.12. The number of nitrogens with zero attached hydrogens (tertiary/aromatic N) is 1. The summed E-state index contributed by atoms with van der Waals surface area (Å²) in [7, 11) is 0. The number of halogens is 1. The Bertz CT molecular complexity index is 480. The van der Waals surface area contributed by atoms with Crippen LogP contribution in [0.3, 0.4) is 0 Å². The van der Waals surface area contributed by atoms with Crippen LogP contribution in [-0.4, -0.2) is 4.92 Å². The van der Waals surface area contributed by atoms with Crippen molar-refractivity contribution in [2.75, 3.05) is 0 Å². The Morgan fingerprint density at radius 3 is 2.41 bits per heavy atom. The summed E-state index contributed by atoms with van der Waals surface area (Å²) in [5.74, 6) is 0. The van der Waals surface area contributed by atoms with Crippen LogP contribution in [0.25, 0.3) is 0 Å². The van der Waals surface area contributed by atoms with Gasteiger partial charge in [-0.3, -0.25) is 10.1 Å². The molecule has 0 atom stereocenters. The van der Waals surface area contributed by atoms with Gasteiger partial charge in [-0.1, -0.05) is 46.9 Å². The molecule has 0 aliphatic heterocycles. The molecular weight excluding hydrogens is 302 g/mol. The minimum atomic E-state index is -0.418. The first kappa shape index (κ1) is 13.7. The van der Waals surface area contributed by atoms with E-state index in [1.807, 2.05) is 6.08 Å². The molecule has 0 amide bonds. The molecule has 5 heteroatoms. The van der Waals surface area contributed by atoms with Gasteiger partial charge in [-0.15, -0.1) is 0 Å². The third kappa shape index (κ3) is 4.20. The maximum absolute atomic E-state index is 10.5. The second-order valence-corrected chi connectivity index (χ2v) is 5.10. The number of non-ortho nitro benzene ring substituents is 1.